The molecule has 1 N–H and O–H groups in total. The fourth-order valence-corrected chi connectivity index (χ4v) is 3.48. The van der Waals surface area contributed by atoms with E-state index in [2.05, 4.69) is 31.3 Å². The number of benzene rings is 3. The van der Waals surface area contributed by atoms with Crippen LogP contribution < -0.4 is 5.32 Å². The Morgan fingerprint density at radius 3 is 2.37 bits per heavy atom. The van der Waals surface area contributed by atoms with Crippen molar-refractivity contribution in [1.29, 1.82) is 0 Å². The first kappa shape index (κ1) is 20.3. The van der Waals surface area contributed by atoms with Gasteiger partial charge in [-0.1, -0.05) is 45.2 Å². The van der Waals surface area contributed by atoms with Crippen LogP contribution >= 0.6 is 27.5 Å². The SMILES string of the molecule is Cc1ccc(NC(=O)c2nc(-c3ccc(Cl)cc3)n(-c3ccc(Br)cc3)n2)c(C)c1. The Hall–Kier alpha value is -2.96. The molecule has 4 aromatic rings. The topological polar surface area (TPSA) is 59.8 Å². The molecule has 0 atom stereocenters. The fraction of sp³-hybridized carbons (Fsp3) is 0.0870. The van der Waals surface area contributed by atoms with Crippen molar-refractivity contribution in [2.45, 2.75) is 13.8 Å². The van der Waals surface area contributed by atoms with Gasteiger partial charge < -0.3 is 5.32 Å². The maximum atomic E-state index is 12.9. The van der Waals surface area contributed by atoms with Crippen molar-refractivity contribution < 1.29 is 4.79 Å². The monoisotopic (exact) mass is 480 g/mol. The smallest absolute Gasteiger partial charge is 0.295 e. The average Bonchev–Trinajstić information content (AvgIpc) is 3.17. The molecule has 0 aliphatic carbocycles. The maximum Gasteiger partial charge on any atom is 0.295 e. The van der Waals surface area contributed by atoms with Crippen molar-refractivity contribution in [3.8, 4) is 17.1 Å². The second-order valence-corrected chi connectivity index (χ2v) is 8.28. The third-order valence-corrected chi connectivity index (χ3v) is 5.39. The van der Waals surface area contributed by atoms with Gasteiger partial charge in [0.25, 0.3) is 5.91 Å². The number of aryl methyl sites for hydroxylation is 2. The molecular formula is C23H18BrClN4O. The predicted molar refractivity (Wildman–Crippen MR) is 123 cm³/mol. The Kier molecular flexibility index (Phi) is 5.70. The third kappa shape index (κ3) is 4.30. The van der Waals surface area contributed by atoms with E-state index in [1.807, 2.05) is 68.4 Å². The molecule has 0 bridgehead atoms. The minimum atomic E-state index is -0.368. The summed E-state index contributed by atoms with van der Waals surface area (Å²) in [6, 6.07) is 20.8. The van der Waals surface area contributed by atoms with E-state index < -0.39 is 0 Å². The number of amides is 1. The number of aromatic nitrogens is 3. The third-order valence-electron chi connectivity index (χ3n) is 4.61. The van der Waals surface area contributed by atoms with E-state index in [4.69, 9.17) is 11.6 Å². The molecule has 0 saturated heterocycles. The first-order chi connectivity index (χ1) is 14.4. The molecule has 7 heteroatoms. The molecule has 0 aliphatic rings. The lowest BCUT2D eigenvalue weighted by atomic mass is 10.1. The van der Waals surface area contributed by atoms with Crippen molar-refractivity contribution in [3.05, 3.63) is 93.2 Å². The molecule has 5 nitrogen and oxygen atoms in total. The number of carbonyl (C=O) groups is 1. The number of carbonyl (C=O) groups excluding carboxylic acids is 1. The van der Waals surface area contributed by atoms with Crippen LogP contribution in [0.5, 0.6) is 0 Å². The van der Waals surface area contributed by atoms with Crippen LogP contribution in [0.1, 0.15) is 21.7 Å². The Balaban J connectivity index is 1.75. The van der Waals surface area contributed by atoms with Crippen molar-refractivity contribution in [3.63, 3.8) is 0 Å². The molecule has 150 valence electrons. The zero-order valence-corrected chi connectivity index (χ0v) is 18.7. The zero-order chi connectivity index (χ0) is 21.3. The van der Waals surface area contributed by atoms with Crippen molar-refractivity contribution in [2.24, 2.45) is 0 Å². The molecule has 30 heavy (non-hydrogen) atoms. The van der Waals surface area contributed by atoms with Gasteiger partial charge in [-0.3, -0.25) is 4.79 Å². The molecule has 0 saturated carbocycles. The number of hydrogen-bond donors (Lipinski definition) is 1. The summed E-state index contributed by atoms with van der Waals surface area (Å²) in [7, 11) is 0. The second-order valence-electron chi connectivity index (χ2n) is 6.93. The summed E-state index contributed by atoms with van der Waals surface area (Å²) >= 11 is 9.48. The first-order valence-corrected chi connectivity index (χ1v) is 10.5. The molecular weight excluding hydrogens is 464 g/mol. The average molecular weight is 482 g/mol. The molecule has 1 aromatic heterocycles. The number of anilines is 1. The van der Waals surface area contributed by atoms with Gasteiger partial charge in [-0.2, -0.15) is 0 Å². The summed E-state index contributed by atoms with van der Waals surface area (Å²) in [6.45, 7) is 3.97. The van der Waals surface area contributed by atoms with Crippen LogP contribution in [0.4, 0.5) is 5.69 Å². The molecule has 1 heterocycles. The summed E-state index contributed by atoms with van der Waals surface area (Å²) in [4.78, 5) is 17.4. The second kappa shape index (κ2) is 8.42. The first-order valence-electron chi connectivity index (χ1n) is 9.28. The van der Waals surface area contributed by atoms with Gasteiger partial charge in [-0.15, -0.1) is 5.10 Å². The molecule has 0 unspecified atom stereocenters. The maximum absolute atomic E-state index is 12.9. The minimum absolute atomic E-state index is 0.0860. The van der Waals surface area contributed by atoms with E-state index in [9.17, 15) is 4.79 Å². The van der Waals surface area contributed by atoms with Gasteiger partial charge >= 0.3 is 0 Å². The Morgan fingerprint density at radius 1 is 1.00 bits per heavy atom. The number of rotatable bonds is 4. The Labute approximate surface area is 187 Å². The van der Waals surface area contributed by atoms with Gasteiger partial charge in [0, 0.05) is 20.7 Å². The van der Waals surface area contributed by atoms with Gasteiger partial charge in [0.2, 0.25) is 5.82 Å². The van der Waals surface area contributed by atoms with Crippen LogP contribution in [0, 0.1) is 13.8 Å². The Morgan fingerprint density at radius 2 is 1.70 bits per heavy atom. The molecule has 0 radical (unpaired) electrons. The summed E-state index contributed by atoms with van der Waals surface area (Å²) in [5, 5.41) is 8.03. The van der Waals surface area contributed by atoms with Gasteiger partial charge in [-0.25, -0.2) is 9.67 Å². The molecule has 0 spiro atoms. The highest BCUT2D eigenvalue weighted by molar-refractivity contribution is 9.10. The van der Waals surface area contributed by atoms with Gasteiger partial charge in [0.15, 0.2) is 5.82 Å². The van der Waals surface area contributed by atoms with E-state index in [1.165, 1.54) is 0 Å². The van der Waals surface area contributed by atoms with Crippen molar-refractivity contribution >= 4 is 39.1 Å². The molecule has 1 amide bonds. The van der Waals surface area contributed by atoms with Crippen LogP contribution in [-0.4, -0.2) is 20.7 Å². The number of nitrogens with zero attached hydrogens (tertiary/aromatic N) is 3. The van der Waals surface area contributed by atoms with Gasteiger partial charge in [0.05, 0.1) is 5.69 Å². The highest BCUT2D eigenvalue weighted by Gasteiger charge is 2.19. The minimum Gasteiger partial charge on any atom is -0.319 e. The van der Waals surface area contributed by atoms with Crippen molar-refractivity contribution in [1.82, 2.24) is 14.8 Å². The number of hydrogen-bond acceptors (Lipinski definition) is 3. The molecule has 0 fully saturated rings. The van der Waals surface area contributed by atoms with Crippen LogP contribution in [0.3, 0.4) is 0 Å². The number of nitrogens with one attached hydrogen (secondary N) is 1. The van der Waals surface area contributed by atoms with Gasteiger partial charge in [-0.05, 0) is 74.0 Å². The van der Waals surface area contributed by atoms with E-state index in [0.717, 1.165) is 32.5 Å². The summed E-state index contributed by atoms with van der Waals surface area (Å²) < 4.78 is 2.61. The lowest BCUT2D eigenvalue weighted by molar-refractivity contribution is 0.101. The lowest BCUT2D eigenvalue weighted by Gasteiger charge is -2.07. The molecule has 3 aromatic carbocycles. The summed E-state index contributed by atoms with van der Waals surface area (Å²) in [6.07, 6.45) is 0. The van der Waals surface area contributed by atoms with Crippen LogP contribution in [0.25, 0.3) is 17.1 Å². The highest BCUT2D eigenvalue weighted by Crippen LogP contribution is 2.25. The van der Waals surface area contributed by atoms with Crippen LogP contribution in [0.2, 0.25) is 5.02 Å². The van der Waals surface area contributed by atoms with Crippen molar-refractivity contribution in [2.75, 3.05) is 5.32 Å². The molecule has 4 rings (SSSR count). The normalized spacial score (nSPS) is 10.8. The zero-order valence-electron chi connectivity index (χ0n) is 16.4. The van der Waals surface area contributed by atoms with E-state index >= 15 is 0 Å². The van der Waals surface area contributed by atoms with Crippen LogP contribution in [-0.2, 0) is 0 Å². The van der Waals surface area contributed by atoms with Gasteiger partial charge in [0.1, 0.15) is 0 Å². The van der Waals surface area contributed by atoms with E-state index in [1.54, 1.807) is 16.8 Å². The largest absolute Gasteiger partial charge is 0.319 e. The van der Waals surface area contributed by atoms with E-state index in [-0.39, 0.29) is 11.7 Å². The summed E-state index contributed by atoms with van der Waals surface area (Å²) in [5.74, 6) is 0.274. The standard InChI is InChI=1S/C23H18BrClN4O/c1-14-3-12-20(15(2)13-14)26-23(30)21-27-22(16-4-8-18(25)9-5-16)29(28-21)19-10-6-17(24)7-11-19/h3-13H,1-2H3,(H,26,30). The lowest BCUT2D eigenvalue weighted by Crippen LogP contribution is -2.15. The quantitative estimate of drug-likeness (QED) is 0.376. The predicted octanol–water partition coefficient (Wildman–Crippen LogP) is 6.22. The molecule has 0 aliphatic heterocycles. The highest BCUT2D eigenvalue weighted by atomic mass is 79.9. The van der Waals surface area contributed by atoms with E-state index in [0.29, 0.717) is 10.8 Å². The Bertz CT molecular complexity index is 1150. The summed E-state index contributed by atoms with van der Waals surface area (Å²) in [5.41, 5.74) is 4.45. The fourth-order valence-electron chi connectivity index (χ4n) is 3.09. The van der Waals surface area contributed by atoms with Crippen LogP contribution in [0.15, 0.2) is 71.2 Å². The number of halogens is 2.